The highest BCUT2D eigenvalue weighted by atomic mass is 32.1. The number of hydrogen-bond donors (Lipinski definition) is 3. The first-order chi connectivity index (χ1) is 12.5. The summed E-state index contributed by atoms with van der Waals surface area (Å²) < 4.78 is 10.4. The minimum Gasteiger partial charge on any atom is -0.462 e. The molecular weight excluding hydrogens is 360 g/mol. The van der Waals surface area contributed by atoms with Crippen molar-refractivity contribution in [2.24, 2.45) is 0 Å². The van der Waals surface area contributed by atoms with Crippen molar-refractivity contribution in [3.05, 3.63) is 23.6 Å². The molecule has 1 fully saturated rings. The first-order valence-corrected chi connectivity index (χ1v) is 8.88. The summed E-state index contributed by atoms with van der Waals surface area (Å²) in [5.41, 5.74) is 0.848. The fraction of sp³-hybridized carbons (Fsp3) is 0.375. The average Bonchev–Trinajstić information content (AvgIpc) is 3.30. The zero-order valence-corrected chi connectivity index (χ0v) is 15.1. The predicted octanol–water partition coefficient (Wildman–Crippen LogP) is 1.90. The van der Waals surface area contributed by atoms with Gasteiger partial charge in [0.2, 0.25) is 11.8 Å². The Balaban J connectivity index is 1.86. The Bertz CT molecular complexity index is 830. The van der Waals surface area contributed by atoms with Gasteiger partial charge in [0.1, 0.15) is 17.3 Å². The van der Waals surface area contributed by atoms with Crippen LogP contribution >= 0.6 is 11.3 Å². The van der Waals surface area contributed by atoms with E-state index in [2.05, 4.69) is 20.9 Å². The van der Waals surface area contributed by atoms with Crippen molar-refractivity contribution >= 4 is 34.2 Å². The van der Waals surface area contributed by atoms with Gasteiger partial charge in [0.25, 0.3) is 0 Å². The highest BCUT2D eigenvalue weighted by Crippen LogP contribution is 2.39. The van der Waals surface area contributed by atoms with Crippen LogP contribution in [0.4, 0.5) is 9.80 Å². The lowest BCUT2D eigenvalue weighted by molar-refractivity contribution is -0.120. The normalized spacial score (nSPS) is 16.2. The molecule has 3 amide bonds. The van der Waals surface area contributed by atoms with Crippen LogP contribution in [-0.4, -0.2) is 42.1 Å². The molecule has 2 aromatic heterocycles. The molecule has 0 bridgehead atoms. The highest BCUT2D eigenvalue weighted by Gasteiger charge is 2.28. The van der Waals surface area contributed by atoms with Crippen molar-refractivity contribution in [2.75, 3.05) is 18.5 Å². The minimum absolute atomic E-state index is 0.205. The van der Waals surface area contributed by atoms with Gasteiger partial charge in [-0.1, -0.05) is 0 Å². The lowest BCUT2D eigenvalue weighted by atomic mass is 10.1. The maximum Gasteiger partial charge on any atom is 0.341 e. The van der Waals surface area contributed by atoms with Crippen LogP contribution in [0.25, 0.3) is 10.8 Å². The molecule has 10 heteroatoms. The maximum absolute atomic E-state index is 12.3. The molecule has 0 saturated carbocycles. The summed E-state index contributed by atoms with van der Waals surface area (Å²) in [5, 5.41) is 8.18. The van der Waals surface area contributed by atoms with Crippen LogP contribution in [-0.2, 0) is 9.53 Å². The van der Waals surface area contributed by atoms with Crippen LogP contribution in [0, 0.1) is 6.92 Å². The number of nitrogens with zero attached hydrogens (tertiary/aromatic N) is 1. The quantitative estimate of drug-likeness (QED) is 0.683. The zero-order valence-electron chi connectivity index (χ0n) is 14.3. The monoisotopic (exact) mass is 378 g/mol. The minimum atomic E-state index is -0.590. The van der Waals surface area contributed by atoms with E-state index in [9.17, 15) is 14.4 Å². The van der Waals surface area contributed by atoms with Crippen LogP contribution in [0.3, 0.4) is 0 Å². The van der Waals surface area contributed by atoms with E-state index >= 15 is 0 Å². The Morgan fingerprint density at radius 3 is 2.92 bits per heavy atom. The van der Waals surface area contributed by atoms with Crippen LogP contribution in [0.2, 0.25) is 0 Å². The third-order valence-corrected chi connectivity index (χ3v) is 5.03. The molecule has 3 rings (SSSR count). The summed E-state index contributed by atoms with van der Waals surface area (Å²) >= 11 is 1.16. The van der Waals surface area contributed by atoms with Gasteiger partial charge < -0.3 is 19.8 Å². The number of aromatic nitrogens is 1. The summed E-state index contributed by atoms with van der Waals surface area (Å²) in [6.07, 6.45) is 3.44. The largest absolute Gasteiger partial charge is 0.462 e. The van der Waals surface area contributed by atoms with Gasteiger partial charge in [-0.3, -0.25) is 10.1 Å². The first kappa shape index (κ1) is 17.9. The van der Waals surface area contributed by atoms with Crippen LogP contribution < -0.4 is 16.0 Å². The molecule has 0 aliphatic carbocycles. The second kappa shape index (κ2) is 7.56. The second-order valence-electron chi connectivity index (χ2n) is 5.55. The number of carbonyl (C=O) groups is 3. The molecule has 1 aliphatic rings. The number of nitrogens with one attached hydrogen (secondary N) is 3. The smallest absolute Gasteiger partial charge is 0.341 e. The molecule has 1 saturated heterocycles. The Morgan fingerprint density at radius 2 is 2.31 bits per heavy atom. The molecular formula is C16H18N4O5S. The van der Waals surface area contributed by atoms with E-state index in [0.717, 1.165) is 11.3 Å². The summed E-state index contributed by atoms with van der Waals surface area (Å²) in [4.78, 5) is 40.9. The third-order valence-electron chi connectivity index (χ3n) is 3.83. The molecule has 0 radical (unpaired) electrons. The van der Waals surface area contributed by atoms with E-state index < -0.39 is 18.0 Å². The average molecular weight is 378 g/mol. The van der Waals surface area contributed by atoms with Crippen molar-refractivity contribution in [1.29, 1.82) is 0 Å². The first-order valence-electron chi connectivity index (χ1n) is 8.06. The SMILES string of the molecule is CCOC(=O)c1c(NC(=O)NC2CCNC2=O)sc(-c2ncco2)c1C. The fourth-order valence-corrected chi connectivity index (χ4v) is 3.75. The topological polar surface area (TPSA) is 123 Å². The number of carbonyl (C=O) groups excluding carboxylic acids is 3. The van der Waals surface area contributed by atoms with Crippen molar-refractivity contribution in [3.63, 3.8) is 0 Å². The van der Waals surface area contributed by atoms with Gasteiger partial charge in [0.05, 0.1) is 23.2 Å². The summed E-state index contributed by atoms with van der Waals surface area (Å²) in [5.74, 6) is -0.428. The molecule has 0 spiro atoms. The van der Waals surface area contributed by atoms with Gasteiger partial charge >= 0.3 is 12.0 Å². The molecule has 1 unspecified atom stereocenters. The van der Waals surface area contributed by atoms with Gasteiger partial charge in [-0.15, -0.1) is 11.3 Å². The van der Waals surface area contributed by atoms with E-state index in [1.165, 1.54) is 12.5 Å². The lowest BCUT2D eigenvalue weighted by Gasteiger charge is -2.11. The lowest BCUT2D eigenvalue weighted by Crippen LogP contribution is -2.42. The van der Waals surface area contributed by atoms with Gasteiger partial charge in [-0.05, 0) is 25.8 Å². The molecule has 9 nitrogen and oxygen atoms in total. The van der Waals surface area contributed by atoms with Gasteiger partial charge in [-0.2, -0.15) is 0 Å². The molecule has 0 aromatic carbocycles. The molecule has 1 aliphatic heterocycles. The number of esters is 1. The Labute approximate surface area is 153 Å². The van der Waals surface area contributed by atoms with E-state index in [-0.39, 0.29) is 18.1 Å². The fourth-order valence-electron chi connectivity index (χ4n) is 2.62. The highest BCUT2D eigenvalue weighted by molar-refractivity contribution is 7.20. The Morgan fingerprint density at radius 1 is 1.50 bits per heavy atom. The second-order valence-corrected chi connectivity index (χ2v) is 6.57. The Kier molecular flexibility index (Phi) is 5.21. The number of anilines is 1. The van der Waals surface area contributed by atoms with Crippen molar-refractivity contribution in [2.45, 2.75) is 26.3 Å². The number of thiophene rings is 1. The van der Waals surface area contributed by atoms with Crippen LogP contribution in [0.15, 0.2) is 16.9 Å². The maximum atomic E-state index is 12.3. The van der Waals surface area contributed by atoms with Gasteiger partial charge in [0.15, 0.2) is 0 Å². The summed E-state index contributed by atoms with van der Waals surface area (Å²) in [7, 11) is 0. The van der Waals surface area contributed by atoms with Crippen molar-refractivity contribution in [1.82, 2.24) is 15.6 Å². The molecule has 3 N–H and O–H groups in total. The number of oxazole rings is 1. The predicted molar refractivity (Wildman–Crippen MR) is 94.1 cm³/mol. The number of ether oxygens (including phenoxy) is 1. The number of amides is 3. The molecule has 138 valence electrons. The van der Waals surface area contributed by atoms with E-state index in [4.69, 9.17) is 9.15 Å². The van der Waals surface area contributed by atoms with Gasteiger partial charge in [-0.25, -0.2) is 14.6 Å². The molecule has 26 heavy (non-hydrogen) atoms. The number of rotatable bonds is 5. The number of hydrogen-bond acceptors (Lipinski definition) is 7. The number of urea groups is 1. The van der Waals surface area contributed by atoms with E-state index in [1.807, 2.05) is 0 Å². The molecule has 1 atom stereocenters. The van der Waals surface area contributed by atoms with E-state index in [0.29, 0.717) is 34.3 Å². The molecule has 2 aromatic rings. The van der Waals surface area contributed by atoms with Crippen LogP contribution in [0.5, 0.6) is 0 Å². The summed E-state index contributed by atoms with van der Waals surface area (Å²) in [6, 6.07) is -1.16. The standard InChI is InChI=1S/C16H18N4O5S/c1-3-24-15(22)10-8(2)11(13-18-6-7-25-13)26-14(10)20-16(23)19-9-4-5-17-12(9)21/h6-7,9H,3-5H2,1-2H3,(H,17,21)(H2,19,20,23). The van der Waals surface area contributed by atoms with E-state index in [1.54, 1.807) is 13.8 Å². The Hall–Kier alpha value is -2.88. The molecule has 3 heterocycles. The zero-order chi connectivity index (χ0) is 18.7. The third kappa shape index (κ3) is 3.54. The van der Waals surface area contributed by atoms with Crippen molar-refractivity contribution in [3.8, 4) is 10.8 Å². The van der Waals surface area contributed by atoms with Gasteiger partial charge in [0, 0.05) is 6.54 Å². The van der Waals surface area contributed by atoms with Crippen LogP contribution in [0.1, 0.15) is 29.3 Å². The van der Waals surface area contributed by atoms with Crippen molar-refractivity contribution < 1.29 is 23.5 Å². The summed E-state index contributed by atoms with van der Waals surface area (Å²) in [6.45, 7) is 4.16.